The van der Waals surface area contributed by atoms with Gasteiger partial charge in [0.2, 0.25) is 0 Å². The van der Waals surface area contributed by atoms with Crippen molar-refractivity contribution < 1.29 is 28.6 Å². The van der Waals surface area contributed by atoms with Crippen molar-refractivity contribution in [2.75, 3.05) is 31.0 Å². The first-order valence-corrected chi connectivity index (χ1v) is 11.3. The van der Waals surface area contributed by atoms with Crippen molar-refractivity contribution in [1.82, 2.24) is 0 Å². The number of amides is 2. The van der Waals surface area contributed by atoms with Crippen LogP contribution >= 0.6 is 0 Å². The molecule has 0 heterocycles. The lowest BCUT2D eigenvalue weighted by Gasteiger charge is -2.13. The van der Waals surface area contributed by atoms with Crippen LogP contribution in [-0.4, -0.2) is 38.1 Å². The molecule has 0 unspecified atom stereocenters. The summed E-state index contributed by atoms with van der Waals surface area (Å²) in [6.45, 7) is 1.91. The molecule has 2 amide bonds. The van der Waals surface area contributed by atoms with Crippen LogP contribution in [0.5, 0.6) is 11.5 Å². The molecule has 0 aliphatic heterocycles. The second kappa shape index (κ2) is 13.1. The number of carbonyl (C=O) groups is 3. The maximum absolute atomic E-state index is 12.6. The summed E-state index contributed by atoms with van der Waals surface area (Å²) >= 11 is 0. The zero-order valence-electron chi connectivity index (χ0n) is 20.3. The number of ether oxygens (including phenoxy) is 3. The van der Waals surface area contributed by atoms with Gasteiger partial charge in [0.05, 0.1) is 19.3 Å². The Kier molecular flexibility index (Phi) is 9.39. The Balaban J connectivity index is 1.69. The van der Waals surface area contributed by atoms with Crippen molar-refractivity contribution in [3.8, 4) is 17.6 Å². The highest BCUT2D eigenvalue weighted by atomic mass is 16.5. The molecule has 0 saturated heterocycles. The molecular formula is C28H25N3O6. The molecule has 0 fully saturated rings. The van der Waals surface area contributed by atoms with Gasteiger partial charge in [0.25, 0.3) is 11.8 Å². The van der Waals surface area contributed by atoms with Gasteiger partial charge < -0.3 is 24.8 Å². The molecule has 37 heavy (non-hydrogen) atoms. The van der Waals surface area contributed by atoms with Gasteiger partial charge in [-0.1, -0.05) is 24.3 Å². The normalized spacial score (nSPS) is 10.6. The van der Waals surface area contributed by atoms with Crippen LogP contribution in [0.4, 0.5) is 11.4 Å². The van der Waals surface area contributed by atoms with Crippen LogP contribution in [0, 0.1) is 11.3 Å². The minimum absolute atomic E-state index is 0.143. The van der Waals surface area contributed by atoms with E-state index < -0.39 is 11.9 Å². The molecule has 0 aliphatic rings. The van der Waals surface area contributed by atoms with E-state index in [0.29, 0.717) is 40.6 Å². The van der Waals surface area contributed by atoms with Crippen molar-refractivity contribution in [3.05, 3.63) is 89.5 Å². The molecule has 3 aromatic rings. The predicted octanol–water partition coefficient (Wildman–Crippen LogP) is 4.44. The van der Waals surface area contributed by atoms with Gasteiger partial charge in [-0.05, 0) is 67.1 Å². The Hall–Kier alpha value is -5.10. The molecule has 0 bridgehead atoms. The summed E-state index contributed by atoms with van der Waals surface area (Å²) in [5, 5.41) is 14.9. The van der Waals surface area contributed by atoms with Gasteiger partial charge in [-0.15, -0.1) is 0 Å². The summed E-state index contributed by atoms with van der Waals surface area (Å²) < 4.78 is 15.9. The first-order valence-electron chi connectivity index (χ1n) is 11.3. The summed E-state index contributed by atoms with van der Waals surface area (Å²) in [7, 11) is 1.28. The number of esters is 1. The standard InChI is InChI=1S/C28H25N3O6/c1-3-36-25-16-19(9-14-24(25)37-18-26(32)30-22-7-5-4-6-8-22)15-21(17-29)27(33)31-23-12-10-20(11-13-23)28(34)35-2/h4-16H,3,18H2,1-2H3,(H,30,32)(H,31,33)/b21-15+. The smallest absolute Gasteiger partial charge is 0.337 e. The number of benzene rings is 3. The van der Waals surface area contributed by atoms with Crippen molar-refractivity contribution in [1.29, 1.82) is 5.26 Å². The van der Waals surface area contributed by atoms with Gasteiger partial charge in [-0.2, -0.15) is 5.26 Å². The van der Waals surface area contributed by atoms with Crippen LogP contribution < -0.4 is 20.1 Å². The maximum atomic E-state index is 12.6. The minimum atomic E-state index is -0.621. The van der Waals surface area contributed by atoms with Crippen LogP contribution in [0.25, 0.3) is 6.08 Å². The van der Waals surface area contributed by atoms with Crippen LogP contribution in [-0.2, 0) is 14.3 Å². The highest BCUT2D eigenvalue weighted by molar-refractivity contribution is 6.09. The number of hydrogen-bond acceptors (Lipinski definition) is 7. The molecule has 3 aromatic carbocycles. The van der Waals surface area contributed by atoms with Crippen molar-refractivity contribution in [2.45, 2.75) is 6.92 Å². The molecule has 9 heteroatoms. The zero-order valence-corrected chi connectivity index (χ0v) is 20.3. The van der Waals surface area contributed by atoms with Gasteiger partial charge in [0, 0.05) is 11.4 Å². The van der Waals surface area contributed by atoms with Gasteiger partial charge in [0.1, 0.15) is 11.6 Å². The summed E-state index contributed by atoms with van der Waals surface area (Å²) in [6.07, 6.45) is 1.41. The number of anilines is 2. The van der Waals surface area contributed by atoms with Crippen LogP contribution in [0.1, 0.15) is 22.8 Å². The summed E-state index contributed by atoms with van der Waals surface area (Å²) in [4.78, 5) is 36.4. The van der Waals surface area contributed by atoms with Gasteiger partial charge in [-0.25, -0.2) is 4.79 Å². The molecule has 0 atom stereocenters. The highest BCUT2D eigenvalue weighted by Crippen LogP contribution is 2.29. The number of hydrogen-bond donors (Lipinski definition) is 2. The van der Waals surface area contributed by atoms with Crippen LogP contribution in [0.2, 0.25) is 0 Å². The van der Waals surface area contributed by atoms with E-state index in [1.165, 1.54) is 37.5 Å². The number of para-hydroxylation sites is 1. The molecular weight excluding hydrogens is 474 g/mol. The van der Waals surface area contributed by atoms with E-state index in [4.69, 9.17) is 9.47 Å². The third kappa shape index (κ3) is 7.70. The lowest BCUT2D eigenvalue weighted by molar-refractivity contribution is -0.118. The molecule has 2 N–H and O–H groups in total. The van der Waals surface area contributed by atoms with E-state index >= 15 is 0 Å². The second-order valence-electron chi connectivity index (χ2n) is 7.53. The lowest BCUT2D eigenvalue weighted by atomic mass is 10.1. The predicted molar refractivity (Wildman–Crippen MR) is 138 cm³/mol. The van der Waals surface area contributed by atoms with E-state index in [9.17, 15) is 19.6 Å². The topological polar surface area (TPSA) is 127 Å². The van der Waals surface area contributed by atoms with E-state index in [1.807, 2.05) is 24.3 Å². The molecule has 188 valence electrons. The fraction of sp³-hybridized carbons (Fsp3) is 0.143. The van der Waals surface area contributed by atoms with Gasteiger partial charge >= 0.3 is 5.97 Å². The van der Waals surface area contributed by atoms with Crippen molar-refractivity contribution >= 4 is 35.2 Å². The molecule has 0 aromatic heterocycles. The number of nitrogens with one attached hydrogen (secondary N) is 2. The molecule has 0 spiro atoms. The number of rotatable bonds is 10. The van der Waals surface area contributed by atoms with Crippen LogP contribution in [0.3, 0.4) is 0 Å². The molecule has 3 rings (SSSR count). The van der Waals surface area contributed by atoms with Gasteiger partial charge in [0.15, 0.2) is 18.1 Å². The lowest BCUT2D eigenvalue weighted by Crippen LogP contribution is -2.20. The van der Waals surface area contributed by atoms with E-state index in [0.717, 1.165) is 0 Å². The minimum Gasteiger partial charge on any atom is -0.490 e. The maximum Gasteiger partial charge on any atom is 0.337 e. The first-order chi connectivity index (χ1) is 17.9. The van der Waals surface area contributed by atoms with Gasteiger partial charge in [-0.3, -0.25) is 9.59 Å². The van der Waals surface area contributed by atoms with E-state index in [-0.39, 0.29) is 18.1 Å². The van der Waals surface area contributed by atoms with E-state index in [2.05, 4.69) is 15.4 Å². The number of methoxy groups -OCH3 is 1. The number of nitriles is 1. The molecule has 0 aliphatic carbocycles. The van der Waals surface area contributed by atoms with Crippen molar-refractivity contribution in [3.63, 3.8) is 0 Å². The van der Waals surface area contributed by atoms with Crippen molar-refractivity contribution in [2.24, 2.45) is 0 Å². The number of carbonyl (C=O) groups excluding carboxylic acids is 3. The SMILES string of the molecule is CCOc1cc(/C=C(\C#N)C(=O)Nc2ccc(C(=O)OC)cc2)ccc1OCC(=O)Nc1ccccc1. The third-order valence-corrected chi connectivity index (χ3v) is 4.92. The molecule has 9 nitrogen and oxygen atoms in total. The Morgan fingerprint density at radius 1 is 0.892 bits per heavy atom. The number of nitrogens with zero attached hydrogens (tertiary/aromatic N) is 1. The second-order valence-corrected chi connectivity index (χ2v) is 7.53. The third-order valence-electron chi connectivity index (χ3n) is 4.92. The Labute approximate surface area is 214 Å². The average Bonchev–Trinajstić information content (AvgIpc) is 2.92. The van der Waals surface area contributed by atoms with Crippen LogP contribution in [0.15, 0.2) is 78.4 Å². The fourth-order valence-electron chi connectivity index (χ4n) is 3.19. The monoisotopic (exact) mass is 499 g/mol. The first kappa shape index (κ1) is 26.5. The Morgan fingerprint density at radius 2 is 1.59 bits per heavy atom. The fourth-order valence-corrected chi connectivity index (χ4v) is 3.19. The summed E-state index contributed by atoms with van der Waals surface area (Å²) in [5.41, 5.74) is 1.78. The Bertz CT molecular complexity index is 1330. The van der Waals surface area contributed by atoms with E-state index in [1.54, 1.807) is 37.3 Å². The molecule has 0 saturated carbocycles. The summed E-state index contributed by atoms with van der Waals surface area (Å²) in [6, 6.07) is 21.8. The summed E-state index contributed by atoms with van der Waals surface area (Å²) in [5.74, 6) is -0.745. The molecule has 0 radical (unpaired) electrons. The Morgan fingerprint density at radius 3 is 2.24 bits per heavy atom. The average molecular weight is 500 g/mol. The zero-order chi connectivity index (χ0) is 26.6. The quantitative estimate of drug-likeness (QED) is 0.240. The highest BCUT2D eigenvalue weighted by Gasteiger charge is 2.13. The largest absolute Gasteiger partial charge is 0.490 e.